The summed E-state index contributed by atoms with van der Waals surface area (Å²) >= 11 is 0. The Bertz CT molecular complexity index is 1380. The van der Waals surface area contributed by atoms with Crippen molar-refractivity contribution in [3.8, 4) is 17.1 Å². The number of amides is 3. The topological polar surface area (TPSA) is 124 Å². The Morgan fingerprint density at radius 2 is 1.72 bits per heavy atom. The molecule has 10 heteroatoms. The van der Waals surface area contributed by atoms with E-state index in [1.54, 1.807) is 60.5 Å². The van der Waals surface area contributed by atoms with Crippen LogP contribution in [0.3, 0.4) is 0 Å². The van der Waals surface area contributed by atoms with Gasteiger partial charge in [-0.25, -0.2) is 9.52 Å². The first-order valence-corrected chi connectivity index (χ1v) is 13.8. The molecule has 0 spiro atoms. The molecule has 0 saturated carbocycles. The number of nitrogens with one attached hydrogen (secondary N) is 2. The second-order valence-corrected chi connectivity index (χ2v) is 10.4. The van der Waals surface area contributed by atoms with Crippen LogP contribution >= 0.6 is 10.8 Å². The van der Waals surface area contributed by atoms with Gasteiger partial charge < -0.3 is 19.4 Å². The first-order chi connectivity index (χ1) is 18.8. The van der Waals surface area contributed by atoms with Crippen LogP contribution in [-0.2, 0) is 11.2 Å². The molecule has 1 aromatic heterocycles. The SMILES string of the molecule is CCN(C(=O)[C@H](Cc1ccccc1)NC(=O)NS(O)(O)c1cccc(-c2ccco2)c1)c1ccc(OC)cc1. The molecule has 0 aliphatic carbocycles. The lowest BCUT2D eigenvalue weighted by Crippen LogP contribution is -2.52. The summed E-state index contributed by atoms with van der Waals surface area (Å²) in [6.45, 7) is 2.19. The third-order valence-electron chi connectivity index (χ3n) is 6.06. The number of carbonyl (C=O) groups excluding carboxylic acids is 2. The number of rotatable bonds is 10. The highest BCUT2D eigenvalue weighted by atomic mass is 32.3. The fourth-order valence-corrected chi connectivity index (χ4v) is 5.11. The zero-order valence-electron chi connectivity index (χ0n) is 21.6. The van der Waals surface area contributed by atoms with E-state index in [4.69, 9.17) is 9.15 Å². The number of carbonyl (C=O) groups is 2. The Morgan fingerprint density at radius 1 is 0.974 bits per heavy atom. The monoisotopic (exact) mass is 549 g/mol. The van der Waals surface area contributed by atoms with Crippen LogP contribution in [-0.4, -0.2) is 40.7 Å². The summed E-state index contributed by atoms with van der Waals surface area (Å²) in [6.07, 6.45) is 1.72. The van der Waals surface area contributed by atoms with E-state index in [0.29, 0.717) is 29.3 Å². The molecule has 3 amide bonds. The van der Waals surface area contributed by atoms with Gasteiger partial charge in [-0.05, 0) is 61.0 Å². The van der Waals surface area contributed by atoms with Crippen molar-refractivity contribution in [1.29, 1.82) is 0 Å². The Balaban J connectivity index is 1.54. The Morgan fingerprint density at radius 3 is 2.36 bits per heavy atom. The molecular weight excluding hydrogens is 518 g/mol. The van der Waals surface area contributed by atoms with E-state index in [2.05, 4.69) is 10.0 Å². The van der Waals surface area contributed by atoms with Crippen LogP contribution in [0.4, 0.5) is 10.5 Å². The lowest BCUT2D eigenvalue weighted by Gasteiger charge is -2.34. The van der Waals surface area contributed by atoms with Gasteiger partial charge in [0.25, 0.3) is 0 Å². The smallest absolute Gasteiger partial charge is 0.334 e. The van der Waals surface area contributed by atoms with Gasteiger partial charge in [0.05, 0.1) is 18.3 Å². The predicted molar refractivity (Wildman–Crippen MR) is 152 cm³/mol. The standard InChI is InChI=1S/C29H31N3O6S/c1-3-32(23-14-16-24(37-2)17-15-23)28(33)26(19-21-9-5-4-6-10-21)30-29(34)31-39(35,36)25-12-7-11-22(20-25)27-13-8-18-38-27/h4-18,20,26,35-36H,3,19H2,1-2H3,(H2,30,31,34)/t26-/m0/s1. The summed E-state index contributed by atoms with van der Waals surface area (Å²) in [4.78, 5) is 28.4. The largest absolute Gasteiger partial charge is 0.497 e. The molecule has 0 fully saturated rings. The normalized spacial score (nSPS) is 12.3. The van der Waals surface area contributed by atoms with E-state index in [1.165, 1.54) is 18.4 Å². The fraction of sp³-hybridized carbons (Fsp3) is 0.172. The Hall–Kier alpha value is -4.25. The highest BCUT2D eigenvalue weighted by molar-refractivity contribution is 8.23. The van der Waals surface area contributed by atoms with E-state index in [0.717, 1.165) is 5.56 Å². The molecular formula is C29H31N3O6S. The molecule has 1 atom stereocenters. The molecule has 9 nitrogen and oxygen atoms in total. The molecule has 0 aliphatic heterocycles. The van der Waals surface area contributed by atoms with Gasteiger partial charge in [0.2, 0.25) is 5.91 Å². The van der Waals surface area contributed by atoms with Crippen LogP contribution in [0, 0.1) is 0 Å². The summed E-state index contributed by atoms with van der Waals surface area (Å²) in [5, 5.41) is 2.66. The van der Waals surface area contributed by atoms with Gasteiger partial charge in [0.1, 0.15) is 17.6 Å². The number of hydrogen-bond donors (Lipinski definition) is 4. The number of likely N-dealkylation sites (N-methyl/N-ethyl adjacent to an activating group) is 1. The maximum atomic E-state index is 13.7. The van der Waals surface area contributed by atoms with Crippen molar-refractivity contribution in [1.82, 2.24) is 10.0 Å². The third kappa shape index (κ3) is 6.99. The number of urea groups is 1. The zero-order valence-corrected chi connectivity index (χ0v) is 22.4. The minimum Gasteiger partial charge on any atom is -0.497 e. The van der Waals surface area contributed by atoms with Crippen molar-refractivity contribution in [2.45, 2.75) is 24.3 Å². The highest BCUT2D eigenvalue weighted by Gasteiger charge is 2.29. The molecule has 0 aliphatic rings. The van der Waals surface area contributed by atoms with Crippen LogP contribution in [0.25, 0.3) is 11.3 Å². The van der Waals surface area contributed by atoms with Crippen molar-refractivity contribution in [3.05, 3.63) is 103 Å². The Labute approximate surface area is 228 Å². The molecule has 3 aromatic carbocycles. The highest BCUT2D eigenvalue weighted by Crippen LogP contribution is 2.45. The molecule has 0 saturated heterocycles. The van der Waals surface area contributed by atoms with Gasteiger partial charge in [0, 0.05) is 24.2 Å². The second kappa shape index (κ2) is 12.5. The molecule has 4 rings (SSSR count). The van der Waals surface area contributed by atoms with Gasteiger partial charge in [-0.2, -0.15) is 0 Å². The number of furan rings is 1. The molecule has 4 N–H and O–H groups in total. The minimum atomic E-state index is -3.75. The number of ether oxygens (including phenoxy) is 1. The van der Waals surface area contributed by atoms with Gasteiger partial charge in [0.15, 0.2) is 0 Å². The number of nitrogens with zero attached hydrogens (tertiary/aromatic N) is 1. The third-order valence-corrected chi connectivity index (χ3v) is 7.44. The summed E-state index contributed by atoms with van der Waals surface area (Å²) in [5.41, 5.74) is 2.09. The number of benzene rings is 3. The van der Waals surface area contributed by atoms with Crippen molar-refractivity contribution >= 4 is 28.4 Å². The molecule has 0 bridgehead atoms. The number of methoxy groups -OCH3 is 1. The van der Waals surface area contributed by atoms with Crippen molar-refractivity contribution in [2.75, 3.05) is 18.6 Å². The lowest BCUT2D eigenvalue weighted by molar-refractivity contribution is -0.120. The summed E-state index contributed by atoms with van der Waals surface area (Å²) < 4.78 is 34.5. The molecule has 0 unspecified atom stereocenters. The number of hydrogen-bond acceptors (Lipinski definition) is 6. The predicted octanol–water partition coefficient (Wildman–Crippen LogP) is 5.94. The Kier molecular flexibility index (Phi) is 8.92. The first-order valence-electron chi connectivity index (χ1n) is 12.3. The summed E-state index contributed by atoms with van der Waals surface area (Å²) in [7, 11) is -2.18. The summed E-state index contributed by atoms with van der Waals surface area (Å²) in [5.74, 6) is 0.850. The molecule has 4 aromatic rings. The van der Waals surface area contributed by atoms with E-state index in [9.17, 15) is 18.7 Å². The maximum absolute atomic E-state index is 13.7. The van der Waals surface area contributed by atoms with Crippen molar-refractivity contribution in [3.63, 3.8) is 0 Å². The van der Waals surface area contributed by atoms with Crippen LogP contribution in [0.2, 0.25) is 0 Å². The van der Waals surface area contributed by atoms with E-state index < -0.39 is 22.8 Å². The van der Waals surface area contributed by atoms with Crippen molar-refractivity contribution < 1.29 is 27.8 Å². The van der Waals surface area contributed by atoms with E-state index in [-0.39, 0.29) is 17.2 Å². The molecule has 1 heterocycles. The average molecular weight is 550 g/mol. The van der Waals surface area contributed by atoms with Gasteiger partial charge in [-0.15, -0.1) is 0 Å². The van der Waals surface area contributed by atoms with Crippen molar-refractivity contribution in [2.24, 2.45) is 0 Å². The van der Waals surface area contributed by atoms with Gasteiger partial charge in [-0.1, -0.05) is 53.2 Å². The van der Waals surface area contributed by atoms with E-state index >= 15 is 0 Å². The first kappa shape index (κ1) is 27.8. The molecule has 204 valence electrons. The van der Waals surface area contributed by atoms with E-state index in [1.807, 2.05) is 37.3 Å². The van der Waals surface area contributed by atoms with Gasteiger partial charge in [-0.3, -0.25) is 13.9 Å². The van der Waals surface area contributed by atoms with Crippen LogP contribution in [0.5, 0.6) is 5.75 Å². The molecule has 39 heavy (non-hydrogen) atoms. The summed E-state index contributed by atoms with van der Waals surface area (Å²) in [6, 6.07) is 24.3. The second-order valence-electron chi connectivity index (χ2n) is 8.65. The van der Waals surface area contributed by atoms with Crippen LogP contribution < -0.4 is 19.7 Å². The minimum absolute atomic E-state index is 0.103. The average Bonchev–Trinajstić information content (AvgIpc) is 3.49. The number of anilines is 1. The zero-order chi connectivity index (χ0) is 27.8. The molecule has 0 radical (unpaired) electrons. The van der Waals surface area contributed by atoms with Gasteiger partial charge >= 0.3 is 6.03 Å². The van der Waals surface area contributed by atoms with Crippen LogP contribution in [0.15, 0.2) is 107 Å². The maximum Gasteiger partial charge on any atom is 0.334 e. The fourth-order valence-electron chi connectivity index (χ4n) is 4.11. The van der Waals surface area contributed by atoms with Crippen LogP contribution in [0.1, 0.15) is 12.5 Å². The quantitative estimate of drug-likeness (QED) is 0.194. The lowest BCUT2D eigenvalue weighted by atomic mass is 10.0.